The maximum atomic E-state index is 14.0. The minimum Gasteiger partial charge on any atom is -0.366 e. The van der Waals surface area contributed by atoms with Crippen LogP contribution in [0.15, 0.2) is 60.8 Å². The molecule has 0 unspecified atom stereocenters. The van der Waals surface area contributed by atoms with Gasteiger partial charge >= 0.3 is 0 Å². The third-order valence-electron chi connectivity index (χ3n) is 5.00. The van der Waals surface area contributed by atoms with Gasteiger partial charge in [-0.15, -0.1) is 0 Å². The number of aromatic nitrogens is 2. The lowest BCUT2D eigenvalue weighted by Crippen LogP contribution is -2.49. The Kier molecular flexibility index (Phi) is 4.62. The first-order valence-corrected chi connectivity index (χ1v) is 9.04. The van der Waals surface area contributed by atoms with Crippen LogP contribution in [-0.2, 0) is 0 Å². The number of anilines is 1. The average molecular weight is 364 g/mol. The van der Waals surface area contributed by atoms with Gasteiger partial charge in [-0.1, -0.05) is 30.3 Å². The van der Waals surface area contributed by atoms with E-state index in [2.05, 4.69) is 5.10 Å². The Morgan fingerprint density at radius 2 is 1.63 bits per heavy atom. The molecular formula is C21H21FN4O. The maximum Gasteiger partial charge on any atom is 0.257 e. The van der Waals surface area contributed by atoms with E-state index >= 15 is 0 Å². The van der Waals surface area contributed by atoms with E-state index < -0.39 is 0 Å². The third-order valence-corrected chi connectivity index (χ3v) is 5.00. The summed E-state index contributed by atoms with van der Waals surface area (Å²) in [6.45, 7) is 4.24. The molecule has 0 radical (unpaired) electrons. The topological polar surface area (TPSA) is 41.4 Å². The van der Waals surface area contributed by atoms with Crippen LogP contribution in [0.4, 0.5) is 10.1 Å². The maximum absolute atomic E-state index is 14.0. The molecular weight excluding hydrogens is 343 g/mol. The molecule has 1 amide bonds. The van der Waals surface area contributed by atoms with Crippen molar-refractivity contribution in [3.05, 3.63) is 77.9 Å². The zero-order valence-electron chi connectivity index (χ0n) is 15.2. The van der Waals surface area contributed by atoms with Gasteiger partial charge in [-0.05, 0) is 31.2 Å². The van der Waals surface area contributed by atoms with Crippen LogP contribution >= 0.6 is 0 Å². The van der Waals surface area contributed by atoms with Gasteiger partial charge < -0.3 is 9.80 Å². The molecule has 27 heavy (non-hydrogen) atoms. The van der Waals surface area contributed by atoms with Crippen molar-refractivity contribution in [2.24, 2.45) is 0 Å². The number of carbonyl (C=O) groups is 1. The highest BCUT2D eigenvalue weighted by Gasteiger charge is 2.26. The molecule has 4 rings (SSSR count). The smallest absolute Gasteiger partial charge is 0.257 e. The van der Waals surface area contributed by atoms with Crippen molar-refractivity contribution >= 4 is 11.6 Å². The summed E-state index contributed by atoms with van der Waals surface area (Å²) in [6.07, 6.45) is 1.63. The molecule has 1 fully saturated rings. The second kappa shape index (κ2) is 7.23. The van der Waals surface area contributed by atoms with E-state index in [1.54, 1.807) is 23.0 Å². The lowest BCUT2D eigenvalue weighted by Gasteiger charge is -2.36. The zero-order valence-corrected chi connectivity index (χ0v) is 15.2. The summed E-state index contributed by atoms with van der Waals surface area (Å²) in [4.78, 5) is 16.8. The Morgan fingerprint density at radius 1 is 0.963 bits per heavy atom. The quantitative estimate of drug-likeness (QED) is 0.716. The molecule has 0 atom stereocenters. The molecule has 0 aliphatic carbocycles. The molecule has 1 aliphatic rings. The number of hydrogen-bond acceptors (Lipinski definition) is 3. The summed E-state index contributed by atoms with van der Waals surface area (Å²) < 4.78 is 15.8. The molecule has 1 aromatic heterocycles. The Bertz CT molecular complexity index is 946. The van der Waals surface area contributed by atoms with Gasteiger partial charge in [0.2, 0.25) is 0 Å². The number of hydrogen-bond donors (Lipinski definition) is 0. The molecule has 138 valence electrons. The van der Waals surface area contributed by atoms with Crippen LogP contribution in [0.5, 0.6) is 0 Å². The van der Waals surface area contributed by atoms with Gasteiger partial charge in [0.15, 0.2) is 0 Å². The van der Waals surface area contributed by atoms with E-state index in [9.17, 15) is 9.18 Å². The highest BCUT2D eigenvalue weighted by molar-refractivity contribution is 5.95. The molecule has 0 saturated carbocycles. The predicted octanol–water partition coefficient (Wildman–Crippen LogP) is 3.28. The monoisotopic (exact) mass is 364 g/mol. The van der Waals surface area contributed by atoms with Crippen LogP contribution in [0.25, 0.3) is 5.69 Å². The molecule has 2 heterocycles. The number of para-hydroxylation sites is 2. The van der Waals surface area contributed by atoms with Gasteiger partial charge in [0, 0.05) is 26.2 Å². The normalized spacial score (nSPS) is 14.4. The fourth-order valence-electron chi connectivity index (χ4n) is 3.48. The lowest BCUT2D eigenvalue weighted by atomic mass is 10.2. The summed E-state index contributed by atoms with van der Waals surface area (Å²) >= 11 is 0. The molecule has 0 N–H and O–H groups in total. The van der Waals surface area contributed by atoms with E-state index in [-0.39, 0.29) is 11.7 Å². The number of halogens is 1. The van der Waals surface area contributed by atoms with E-state index in [1.165, 1.54) is 6.07 Å². The van der Waals surface area contributed by atoms with Crippen molar-refractivity contribution in [2.45, 2.75) is 6.92 Å². The number of carbonyl (C=O) groups excluding carboxylic acids is 1. The van der Waals surface area contributed by atoms with Gasteiger partial charge in [0.25, 0.3) is 5.91 Å². The van der Waals surface area contributed by atoms with Crippen molar-refractivity contribution < 1.29 is 9.18 Å². The average Bonchev–Trinajstić information content (AvgIpc) is 3.10. The molecule has 3 aromatic rings. The largest absolute Gasteiger partial charge is 0.366 e. The summed E-state index contributed by atoms with van der Waals surface area (Å²) in [5.41, 5.74) is 2.96. The van der Waals surface area contributed by atoms with Gasteiger partial charge in [0.05, 0.1) is 28.8 Å². The van der Waals surface area contributed by atoms with Crippen LogP contribution in [0.3, 0.4) is 0 Å². The summed E-state index contributed by atoms with van der Waals surface area (Å²) in [7, 11) is 0. The molecule has 1 saturated heterocycles. The molecule has 6 heteroatoms. The van der Waals surface area contributed by atoms with Crippen molar-refractivity contribution in [2.75, 3.05) is 31.1 Å². The first-order chi connectivity index (χ1) is 13.1. The van der Waals surface area contributed by atoms with E-state index in [0.717, 1.165) is 11.4 Å². The fraction of sp³-hybridized carbons (Fsp3) is 0.238. The lowest BCUT2D eigenvalue weighted by molar-refractivity contribution is 0.0746. The summed E-state index contributed by atoms with van der Waals surface area (Å²) in [5.74, 6) is -0.250. The number of rotatable bonds is 3. The first kappa shape index (κ1) is 17.3. The standard InChI is InChI=1S/C21H21FN4O/c1-16-18(15-23-26(16)17-7-3-2-4-8-17)21(27)25-13-11-24(12-14-25)20-10-6-5-9-19(20)22/h2-10,15H,11-14H2,1H3. The van der Waals surface area contributed by atoms with Crippen LogP contribution in [-0.4, -0.2) is 46.8 Å². The van der Waals surface area contributed by atoms with Crippen molar-refractivity contribution in [3.63, 3.8) is 0 Å². The molecule has 2 aromatic carbocycles. The van der Waals surface area contributed by atoms with Crippen LogP contribution < -0.4 is 4.90 Å². The Hall–Kier alpha value is -3.15. The highest BCUT2D eigenvalue weighted by Crippen LogP contribution is 2.22. The number of nitrogens with zero attached hydrogens (tertiary/aromatic N) is 4. The predicted molar refractivity (Wildman–Crippen MR) is 103 cm³/mol. The second-order valence-corrected chi connectivity index (χ2v) is 6.62. The molecule has 0 bridgehead atoms. The summed E-state index contributed by atoms with van der Waals surface area (Å²) in [6, 6.07) is 16.5. The van der Waals surface area contributed by atoms with E-state index in [0.29, 0.717) is 37.4 Å². The van der Waals surface area contributed by atoms with Gasteiger partial charge in [0.1, 0.15) is 5.82 Å². The van der Waals surface area contributed by atoms with Crippen LogP contribution in [0.2, 0.25) is 0 Å². The first-order valence-electron chi connectivity index (χ1n) is 9.04. The van der Waals surface area contributed by atoms with E-state index in [4.69, 9.17) is 0 Å². The number of amides is 1. The number of piperazine rings is 1. The number of benzene rings is 2. The van der Waals surface area contributed by atoms with Crippen molar-refractivity contribution in [1.29, 1.82) is 0 Å². The third kappa shape index (κ3) is 3.30. The Labute approximate surface area is 157 Å². The minimum absolute atomic E-state index is 0.0251. The highest BCUT2D eigenvalue weighted by atomic mass is 19.1. The second-order valence-electron chi connectivity index (χ2n) is 6.62. The molecule has 5 nitrogen and oxygen atoms in total. The Morgan fingerprint density at radius 3 is 2.33 bits per heavy atom. The van der Waals surface area contributed by atoms with Gasteiger partial charge in [-0.3, -0.25) is 4.79 Å². The van der Waals surface area contributed by atoms with Gasteiger partial charge in [-0.2, -0.15) is 5.10 Å². The zero-order chi connectivity index (χ0) is 18.8. The molecule has 0 spiro atoms. The van der Waals surface area contributed by atoms with E-state index in [1.807, 2.05) is 53.1 Å². The van der Waals surface area contributed by atoms with Crippen LogP contribution in [0, 0.1) is 12.7 Å². The molecule has 1 aliphatic heterocycles. The van der Waals surface area contributed by atoms with Crippen molar-refractivity contribution in [1.82, 2.24) is 14.7 Å². The van der Waals surface area contributed by atoms with Gasteiger partial charge in [-0.25, -0.2) is 9.07 Å². The fourth-order valence-corrected chi connectivity index (χ4v) is 3.48. The minimum atomic E-state index is -0.225. The van der Waals surface area contributed by atoms with Crippen LogP contribution in [0.1, 0.15) is 16.1 Å². The SMILES string of the molecule is Cc1c(C(=O)N2CCN(c3ccccc3F)CC2)cnn1-c1ccccc1. The van der Waals surface area contributed by atoms with Crippen molar-refractivity contribution in [3.8, 4) is 5.69 Å². The summed E-state index contributed by atoms with van der Waals surface area (Å²) in [5, 5.41) is 4.39. The Balaban J connectivity index is 1.47.